The Balaban J connectivity index is 1.60. The molecule has 1 N–H and O–H groups in total. The molecule has 1 aliphatic rings. The molecule has 0 bridgehead atoms. The number of halogens is 2. The van der Waals surface area contributed by atoms with Crippen molar-refractivity contribution < 1.29 is 18.3 Å². The lowest BCUT2D eigenvalue weighted by Gasteiger charge is -2.47. The molecular weight excluding hydrogens is 375 g/mol. The number of hydrogen-bond acceptors (Lipinski definition) is 6. The zero-order valence-electron chi connectivity index (χ0n) is 15.6. The molecule has 1 aliphatic heterocycles. The van der Waals surface area contributed by atoms with Gasteiger partial charge in [0.15, 0.2) is 0 Å². The highest BCUT2D eigenvalue weighted by Crippen LogP contribution is 2.26. The number of hydrogen-bond donors (Lipinski definition) is 1. The average Bonchev–Trinajstić information content (AvgIpc) is 3.08. The SMILES string of the molecule is CC(C)O[C@H]1CN(C(=O)[C@@H](C)Nc2nnc(-c3ccc(Cl)c(F)c3)o2)[C@H]1C. The highest BCUT2D eigenvalue weighted by molar-refractivity contribution is 6.30. The Labute approximate surface area is 161 Å². The second-order valence-corrected chi connectivity index (χ2v) is 7.27. The average molecular weight is 397 g/mol. The van der Waals surface area contributed by atoms with Crippen molar-refractivity contribution in [2.75, 3.05) is 11.9 Å². The van der Waals surface area contributed by atoms with Crippen molar-refractivity contribution in [3.63, 3.8) is 0 Å². The molecule has 3 atom stereocenters. The summed E-state index contributed by atoms with van der Waals surface area (Å²) in [6.07, 6.45) is 0.177. The van der Waals surface area contributed by atoms with Crippen LogP contribution in [0.5, 0.6) is 0 Å². The van der Waals surface area contributed by atoms with E-state index in [1.165, 1.54) is 12.1 Å². The normalized spacial score (nSPS) is 20.5. The van der Waals surface area contributed by atoms with Crippen LogP contribution in [0, 0.1) is 5.82 Å². The van der Waals surface area contributed by atoms with Crippen molar-refractivity contribution in [3.05, 3.63) is 29.0 Å². The predicted molar refractivity (Wildman–Crippen MR) is 99.0 cm³/mol. The van der Waals surface area contributed by atoms with Crippen LogP contribution >= 0.6 is 11.6 Å². The summed E-state index contributed by atoms with van der Waals surface area (Å²) in [5.41, 5.74) is 0.404. The fraction of sp³-hybridized carbons (Fsp3) is 0.500. The Bertz CT molecular complexity index is 829. The standard InChI is InChI=1S/C18H22ClFN4O3/c1-9(2)26-15-8-24(11(15)4)17(25)10(3)21-18-23-22-16(27-18)12-5-6-13(19)14(20)7-12/h5-7,9-11,15H,8H2,1-4H3,(H,21,23)/t10-,11+,15+/m1/s1. The van der Waals surface area contributed by atoms with Gasteiger partial charge in [-0.05, 0) is 45.9 Å². The number of nitrogens with one attached hydrogen (secondary N) is 1. The summed E-state index contributed by atoms with van der Waals surface area (Å²) >= 11 is 5.67. The number of carbonyl (C=O) groups is 1. The van der Waals surface area contributed by atoms with Crippen LogP contribution in [0.2, 0.25) is 5.02 Å². The van der Waals surface area contributed by atoms with E-state index >= 15 is 0 Å². The number of benzene rings is 1. The number of carbonyl (C=O) groups excluding carboxylic acids is 1. The molecule has 0 unspecified atom stereocenters. The van der Waals surface area contributed by atoms with Gasteiger partial charge in [-0.2, -0.15) is 0 Å². The Hall–Kier alpha value is -2.19. The number of rotatable bonds is 6. The van der Waals surface area contributed by atoms with Gasteiger partial charge in [-0.25, -0.2) is 4.39 Å². The van der Waals surface area contributed by atoms with Crippen molar-refractivity contribution in [3.8, 4) is 11.5 Å². The van der Waals surface area contributed by atoms with Crippen LogP contribution in [-0.4, -0.2) is 51.8 Å². The quantitative estimate of drug-likeness (QED) is 0.806. The molecule has 0 saturated carbocycles. The predicted octanol–water partition coefficient (Wildman–Crippen LogP) is 3.35. The first-order valence-electron chi connectivity index (χ1n) is 8.77. The van der Waals surface area contributed by atoms with E-state index in [0.29, 0.717) is 12.1 Å². The summed E-state index contributed by atoms with van der Waals surface area (Å²) in [6, 6.07) is 3.75. The Kier molecular flexibility index (Phi) is 5.67. The zero-order chi connectivity index (χ0) is 19.7. The summed E-state index contributed by atoms with van der Waals surface area (Å²) in [6.45, 7) is 8.18. The maximum absolute atomic E-state index is 13.6. The minimum absolute atomic E-state index is 0.0132. The molecule has 2 aromatic rings. The zero-order valence-corrected chi connectivity index (χ0v) is 16.3. The number of amides is 1. The maximum atomic E-state index is 13.6. The third-order valence-corrected chi connectivity index (χ3v) is 4.74. The monoisotopic (exact) mass is 396 g/mol. The summed E-state index contributed by atoms with van der Waals surface area (Å²) < 4.78 is 24.8. The molecule has 2 heterocycles. The number of anilines is 1. The van der Waals surface area contributed by atoms with Gasteiger partial charge in [-0.15, -0.1) is 5.10 Å². The first-order valence-corrected chi connectivity index (χ1v) is 9.15. The molecule has 9 heteroatoms. The fourth-order valence-corrected chi connectivity index (χ4v) is 3.01. The second kappa shape index (κ2) is 7.82. The molecule has 1 saturated heterocycles. The highest BCUT2D eigenvalue weighted by atomic mass is 35.5. The van der Waals surface area contributed by atoms with Gasteiger partial charge in [-0.3, -0.25) is 4.79 Å². The van der Waals surface area contributed by atoms with Crippen LogP contribution in [-0.2, 0) is 9.53 Å². The van der Waals surface area contributed by atoms with E-state index in [2.05, 4.69) is 15.5 Å². The largest absolute Gasteiger partial charge is 0.403 e. The maximum Gasteiger partial charge on any atom is 0.316 e. The van der Waals surface area contributed by atoms with E-state index in [0.717, 1.165) is 0 Å². The summed E-state index contributed by atoms with van der Waals surface area (Å²) in [5, 5.41) is 10.6. The number of nitrogens with zero attached hydrogens (tertiary/aromatic N) is 3. The van der Waals surface area contributed by atoms with Crippen molar-refractivity contribution >= 4 is 23.5 Å². The Morgan fingerprint density at radius 1 is 1.41 bits per heavy atom. The second-order valence-electron chi connectivity index (χ2n) is 6.86. The molecule has 146 valence electrons. The van der Waals surface area contributed by atoms with E-state index in [1.807, 2.05) is 20.8 Å². The van der Waals surface area contributed by atoms with Gasteiger partial charge in [0.25, 0.3) is 0 Å². The molecule has 3 rings (SSSR count). The topological polar surface area (TPSA) is 80.5 Å². The van der Waals surface area contributed by atoms with E-state index in [-0.39, 0.29) is 41.1 Å². The lowest BCUT2D eigenvalue weighted by atomic mass is 9.99. The lowest BCUT2D eigenvalue weighted by molar-refractivity contribution is -0.160. The number of likely N-dealkylation sites (tertiary alicyclic amines) is 1. The smallest absolute Gasteiger partial charge is 0.316 e. The van der Waals surface area contributed by atoms with Crippen LogP contribution in [0.3, 0.4) is 0 Å². The molecule has 27 heavy (non-hydrogen) atoms. The third-order valence-electron chi connectivity index (χ3n) is 4.44. The van der Waals surface area contributed by atoms with Gasteiger partial charge < -0.3 is 19.4 Å². The van der Waals surface area contributed by atoms with Crippen molar-refractivity contribution in [2.24, 2.45) is 0 Å². The fourth-order valence-electron chi connectivity index (χ4n) is 2.90. The Morgan fingerprint density at radius 3 is 2.78 bits per heavy atom. The van der Waals surface area contributed by atoms with Gasteiger partial charge in [0.2, 0.25) is 11.8 Å². The van der Waals surface area contributed by atoms with Crippen LogP contribution < -0.4 is 5.32 Å². The van der Waals surface area contributed by atoms with Crippen LogP contribution in [0.4, 0.5) is 10.4 Å². The lowest BCUT2D eigenvalue weighted by Crippen LogP contribution is -2.64. The van der Waals surface area contributed by atoms with Crippen molar-refractivity contribution in [1.82, 2.24) is 15.1 Å². The summed E-state index contributed by atoms with van der Waals surface area (Å²) in [5.74, 6) is -0.519. The van der Waals surface area contributed by atoms with Gasteiger partial charge in [0.1, 0.15) is 11.9 Å². The highest BCUT2D eigenvalue weighted by Gasteiger charge is 2.41. The summed E-state index contributed by atoms with van der Waals surface area (Å²) in [4.78, 5) is 14.3. The molecular formula is C18H22ClFN4O3. The number of aromatic nitrogens is 2. The minimum atomic E-state index is -0.574. The van der Waals surface area contributed by atoms with Crippen LogP contribution in [0.25, 0.3) is 11.5 Å². The molecule has 1 fully saturated rings. The summed E-state index contributed by atoms with van der Waals surface area (Å²) in [7, 11) is 0. The first-order chi connectivity index (χ1) is 12.8. The molecule has 1 aromatic carbocycles. The molecule has 0 spiro atoms. The van der Waals surface area contributed by atoms with Crippen molar-refractivity contribution in [2.45, 2.75) is 52.0 Å². The van der Waals surface area contributed by atoms with Gasteiger partial charge >= 0.3 is 6.01 Å². The van der Waals surface area contributed by atoms with Crippen molar-refractivity contribution in [1.29, 1.82) is 0 Å². The van der Waals surface area contributed by atoms with Gasteiger partial charge in [0, 0.05) is 12.1 Å². The first kappa shape index (κ1) is 19.6. The van der Waals surface area contributed by atoms with E-state index in [9.17, 15) is 9.18 Å². The third kappa shape index (κ3) is 4.22. The minimum Gasteiger partial charge on any atom is -0.403 e. The molecule has 0 aliphatic carbocycles. The van der Waals surface area contributed by atoms with Gasteiger partial charge in [-0.1, -0.05) is 16.7 Å². The van der Waals surface area contributed by atoms with E-state index in [4.69, 9.17) is 20.8 Å². The number of ether oxygens (including phenoxy) is 1. The van der Waals surface area contributed by atoms with Crippen LogP contribution in [0.15, 0.2) is 22.6 Å². The van der Waals surface area contributed by atoms with E-state index in [1.54, 1.807) is 17.9 Å². The molecule has 0 radical (unpaired) electrons. The molecule has 1 aromatic heterocycles. The van der Waals surface area contributed by atoms with Crippen LogP contribution in [0.1, 0.15) is 27.7 Å². The molecule has 7 nitrogen and oxygen atoms in total. The Morgan fingerprint density at radius 2 is 2.15 bits per heavy atom. The molecule has 1 amide bonds. The van der Waals surface area contributed by atoms with Gasteiger partial charge in [0.05, 0.1) is 23.3 Å². The van der Waals surface area contributed by atoms with E-state index < -0.39 is 11.9 Å².